The van der Waals surface area contributed by atoms with Crippen molar-refractivity contribution in [1.29, 1.82) is 0 Å². The van der Waals surface area contributed by atoms with Crippen molar-refractivity contribution in [2.45, 2.75) is 32.9 Å². The standard InChI is InChI=1S/C24H23N3O6/c1-14-9-18(15(2)26(14)11-17-5-4-8-31-17)19(28)12-27-22(29)24(3,25-23(27)30)16-6-7-20-21(10-16)33-13-32-20/h4-10H,11-13H2,1-3H3,(H,25,30)/t24-/m1/s1. The molecule has 1 fully saturated rings. The van der Waals surface area contributed by atoms with Gasteiger partial charge >= 0.3 is 6.03 Å². The molecule has 0 radical (unpaired) electrons. The number of ether oxygens (including phenoxy) is 2. The number of aryl methyl sites for hydroxylation is 1. The number of carbonyl (C=O) groups is 3. The average molecular weight is 449 g/mol. The van der Waals surface area contributed by atoms with Gasteiger partial charge in [0.05, 0.1) is 19.4 Å². The molecular weight excluding hydrogens is 426 g/mol. The highest BCUT2D eigenvalue weighted by Gasteiger charge is 2.50. The molecule has 1 N–H and O–H groups in total. The Morgan fingerprint density at radius 2 is 1.91 bits per heavy atom. The number of furan rings is 1. The molecule has 9 nitrogen and oxygen atoms in total. The summed E-state index contributed by atoms with van der Waals surface area (Å²) in [4.78, 5) is 40.1. The van der Waals surface area contributed by atoms with E-state index in [1.165, 1.54) is 0 Å². The number of ketones is 1. The Balaban J connectivity index is 1.37. The number of carbonyl (C=O) groups excluding carboxylic acids is 3. The van der Waals surface area contributed by atoms with Crippen LogP contribution in [0.5, 0.6) is 11.5 Å². The van der Waals surface area contributed by atoms with Crippen molar-refractivity contribution in [1.82, 2.24) is 14.8 Å². The summed E-state index contributed by atoms with van der Waals surface area (Å²) in [6.45, 7) is 5.60. The summed E-state index contributed by atoms with van der Waals surface area (Å²) in [5.74, 6) is 1.05. The number of amides is 3. The van der Waals surface area contributed by atoms with Gasteiger partial charge in [0, 0.05) is 17.0 Å². The minimum atomic E-state index is -1.31. The van der Waals surface area contributed by atoms with Crippen LogP contribution in [0.3, 0.4) is 0 Å². The zero-order valence-electron chi connectivity index (χ0n) is 18.5. The molecule has 2 aliphatic rings. The highest BCUT2D eigenvalue weighted by atomic mass is 16.7. The molecule has 9 heteroatoms. The van der Waals surface area contributed by atoms with Gasteiger partial charge in [-0.3, -0.25) is 14.5 Å². The number of nitrogens with one attached hydrogen (secondary N) is 1. The Morgan fingerprint density at radius 1 is 1.12 bits per heavy atom. The molecule has 3 aromatic rings. The first kappa shape index (κ1) is 20.9. The van der Waals surface area contributed by atoms with Crippen LogP contribution in [-0.2, 0) is 16.9 Å². The lowest BCUT2D eigenvalue weighted by molar-refractivity contribution is -0.130. The Bertz CT molecular complexity index is 1280. The molecule has 2 aliphatic heterocycles. The van der Waals surface area contributed by atoms with Gasteiger partial charge in [-0.05, 0) is 56.7 Å². The van der Waals surface area contributed by atoms with Crippen LogP contribution in [0.2, 0.25) is 0 Å². The van der Waals surface area contributed by atoms with Crippen LogP contribution < -0.4 is 14.8 Å². The van der Waals surface area contributed by atoms with Crippen molar-refractivity contribution in [2.24, 2.45) is 0 Å². The third kappa shape index (κ3) is 3.36. The van der Waals surface area contributed by atoms with Gasteiger partial charge in [-0.25, -0.2) is 4.79 Å². The molecule has 0 unspecified atom stereocenters. The lowest BCUT2D eigenvalue weighted by atomic mass is 9.91. The number of rotatable bonds is 6. The van der Waals surface area contributed by atoms with E-state index in [9.17, 15) is 14.4 Å². The molecule has 1 aromatic carbocycles. The zero-order valence-corrected chi connectivity index (χ0v) is 18.5. The van der Waals surface area contributed by atoms with E-state index in [1.54, 1.807) is 37.5 Å². The second kappa shape index (κ2) is 7.54. The molecular formula is C24H23N3O6. The predicted octanol–water partition coefficient (Wildman–Crippen LogP) is 3.12. The van der Waals surface area contributed by atoms with Gasteiger partial charge in [0.1, 0.15) is 11.3 Å². The highest BCUT2D eigenvalue weighted by Crippen LogP contribution is 2.38. The summed E-state index contributed by atoms with van der Waals surface area (Å²) in [5.41, 5.74) is 1.34. The third-order valence-corrected chi connectivity index (χ3v) is 6.29. The van der Waals surface area contributed by atoms with Gasteiger partial charge in [-0.1, -0.05) is 6.07 Å². The first-order chi connectivity index (χ1) is 15.8. The van der Waals surface area contributed by atoms with E-state index < -0.39 is 17.5 Å². The van der Waals surface area contributed by atoms with E-state index in [2.05, 4.69) is 5.32 Å². The number of Topliss-reactive ketones (excluding diaryl/α,β-unsaturated/α-hetero) is 1. The molecule has 170 valence electrons. The maximum atomic E-state index is 13.3. The van der Waals surface area contributed by atoms with E-state index >= 15 is 0 Å². The maximum absolute atomic E-state index is 13.3. The summed E-state index contributed by atoms with van der Waals surface area (Å²) in [6.07, 6.45) is 1.60. The van der Waals surface area contributed by atoms with E-state index in [0.717, 1.165) is 22.0 Å². The van der Waals surface area contributed by atoms with E-state index in [0.29, 0.717) is 29.2 Å². The van der Waals surface area contributed by atoms with Crippen LogP contribution in [-0.4, -0.2) is 40.5 Å². The number of imide groups is 1. The summed E-state index contributed by atoms with van der Waals surface area (Å²) in [7, 11) is 0. The monoisotopic (exact) mass is 449 g/mol. The molecule has 0 saturated carbocycles. The Morgan fingerprint density at radius 3 is 2.67 bits per heavy atom. The Hall–Kier alpha value is -4.01. The molecule has 2 aromatic heterocycles. The van der Waals surface area contributed by atoms with Gasteiger partial charge in [0.2, 0.25) is 6.79 Å². The van der Waals surface area contributed by atoms with Crippen LogP contribution >= 0.6 is 0 Å². The normalized spacial score (nSPS) is 19.3. The van der Waals surface area contributed by atoms with Crippen molar-refractivity contribution in [3.63, 3.8) is 0 Å². The average Bonchev–Trinajstić information content (AvgIpc) is 3.56. The molecule has 33 heavy (non-hydrogen) atoms. The predicted molar refractivity (Wildman–Crippen MR) is 116 cm³/mol. The molecule has 1 saturated heterocycles. The summed E-state index contributed by atoms with van der Waals surface area (Å²) in [6, 6.07) is 9.92. The van der Waals surface area contributed by atoms with Gasteiger partial charge in [-0.15, -0.1) is 0 Å². The molecule has 1 atom stereocenters. The summed E-state index contributed by atoms with van der Waals surface area (Å²) < 4.78 is 18.1. The molecule has 4 heterocycles. The lowest BCUT2D eigenvalue weighted by Gasteiger charge is -2.22. The summed E-state index contributed by atoms with van der Waals surface area (Å²) >= 11 is 0. The van der Waals surface area contributed by atoms with Crippen molar-refractivity contribution < 1.29 is 28.3 Å². The maximum Gasteiger partial charge on any atom is 0.325 e. The number of urea groups is 1. The number of aromatic nitrogens is 1. The number of benzene rings is 1. The van der Waals surface area contributed by atoms with Crippen LogP contribution in [0.4, 0.5) is 4.79 Å². The number of hydrogen-bond acceptors (Lipinski definition) is 6. The van der Waals surface area contributed by atoms with Crippen molar-refractivity contribution in [3.05, 3.63) is 70.9 Å². The highest BCUT2D eigenvalue weighted by molar-refractivity contribution is 6.11. The molecule has 5 rings (SSSR count). The third-order valence-electron chi connectivity index (χ3n) is 6.29. The van der Waals surface area contributed by atoms with Crippen molar-refractivity contribution in [2.75, 3.05) is 13.3 Å². The van der Waals surface area contributed by atoms with Crippen molar-refractivity contribution >= 4 is 17.7 Å². The second-order valence-corrected chi connectivity index (χ2v) is 8.39. The minimum Gasteiger partial charge on any atom is -0.467 e. The zero-order chi connectivity index (χ0) is 23.3. The second-order valence-electron chi connectivity index (χ2n) is 8.39. The topological polar surface area (TPSA) is 103 Å². The summed E-state index contributed by atoms with van der Waals surface area (Å²) in [5, 5.41) is 2.73. The number of hydrogen-bond donors (Lipinski definition) is 1. The largest absolute Gasteiger partial charge is 0.467 e. The van der Waals surface area contributed by atoms with E-state index in [4.69, 9.17) is 13.9 Å². The quantitative estimate of drug-likeness (QED) is 0.458. The van der Waals surface area contributed by atoms with Gasteiger partial charge in [0.15, 0.2) is 17.3 Å². The van der Waals surface area contributed by atoms with Crippen LogP contribution in [0, 0.1) is 13.8 Å². The first-order valence-electron chi connectivity index (χ1n) is 10.5. The minimum absolute atomic E-state index is 0.106. The molecule has 3 amide bonds. The smallest absolute Gasteiger partial charge is 0.325 e. The molecule has 0 bridgehead atoms. The first-order valence-corrected chi connectivity index (χ1v) is 10.5. The van der Waals surface area contributed by atoms with E-state index in [-0.39, 0.29) is 19.1 Å². The number of fused-ring (bicyclic) bond motifs is 1. The van der Waals surface area contributed by atoms with Crippen molar-refractivity contribution in [3.8, 4) is 11.5 Å². The van der Waals surface area contributed by atoms with Crippen LogP contribution in [0.25, 0.3) is 0 Å². The van der Waals surface area contributed by atoms with Crippen LogP contribution in [0.1, 0.15) is 40.0 Å². The fraction of sp³-hybridized carbons (Fsp3) is 0.292. The van der Waals surface area contributed by atoms with Gasteiger partial charge in [0.25, 0.3) is 5.91 Å². The molecule has 0 spiro atoms. The fourth-order valence-electron chi connectivity index (χ4n) is 4.36. The SMILES string of the molecule is Cc1cc(C(=O)CN2C(=O)N[C@](C)(c3ccc4c(c3)OCO4)C2=O)c(C)n1Cc1ccco1. The lowest BCUT2D eigenvalue weighted by Crippen LogP contribution is -2.41. The molecule has 0 aliphatic carbocycles. The Labute approximate surface area is 189 Å². The Kier molecular flexibility index (Phi) is 4.77. The van der Waals surface area contributed by atoms with Gasteiger partial charge < -0.3 is 23.8 Å². The van der Waals surface area contributed by atoms with Gasteiger partial charge in [-0.2, -0.15) is 0 Å². The fourth-order valence-corrected chi connectivity index (χ4v) is 4.36. The van der Waals surface area contributed by atoms with Crippen LogP contribution in [0.15, 0.2) is 47.1 Å². The number of nitrogens with zero attached hydrogens (tertiary/aromatic N) is 2. The van der Waals surface area contributed by atoms with E-state index in [1.807, 2.05) is 30.5 Å².